The van der Waals surface area contributed by atoms with Crippen molar-refractivity contribution in [3.8, 4) is 11.5 Å². The minimum Gasteiger partial charge on any atom is -0.493 e. The lowest BCUT2D eigenvalue weighted by atomic mass is 9.86. The molecule has 0 unspecified atom stereocenters. The molecule has 0 saturated carbocycles. The average molecular weight is 478 g/mol. The topological polar surface area (TPSA) is 82.5 Å². The summed E-state index contributed by atoms with van der Waals surface area (Å²) in [5.41, 5.74) is 3.28. The van der Waals surface area contributed by atoms with Gasteiger partial charge in [-0.2, -0.15) is 4.98 Å². The van der Waals surface area contributed by atoms with Gasteiger partial charge >= 0.3 is 0 Å². The fourth-order valence-electron chi connectivity index (χ4n) is 4.03. The number of anilines is 1. The first-order valence-electron chi connectivity index (χ1n) is 10.9. The van der Waals surface area contributed by atoms with Crippen LogP contribution in [0.3, 0.4) is 0 Å². The number of benzene rings is 2. The molecule has 8 heteroatoms. The maximum atomic E-state index is 13.2. The Labute approximate surface area is 202 Å². The molecule has 0 radical (unpaired) electrons. The van der Waals surface area contributed by atoms with E-state index in [1.54, 1.807) is 23.8 Å². The van der Waals surface area contributed by atoms with E-state index >= 15 is 0 Å². The van der Waals surface area contributed by atoms with Gasteiger partial charge in [0.15, 0.2) is 16.7 Å². The van der Waals surface area contributed by atoms with E-state index in [9.17, 15) is 9.59 Å². The molecule has 0 aliphatic carbocycles. The highest BCUT2D eigenvalue weighted by Crippen LogP contribution is 2.39. The van der Waals surface area contributed by atoms with E-state index in [4.69, 9.17) is 9.47 Å². The highest BCUT2D eigenvalue weighted by molar-refractivity contribution is 7.98. The molecule has 0 fully saturated rings. The summed E-state index contributed by atoms with van der Waals surface area (Å²) >= 11 is 1.47. The van der Waals surface area contributed by atoms with Crippen molar-refractivity contribution in [2.75, 3.05) is 19.0 Å². The summed E-state index contributed by atoms with van der Waals surface area (Å²) in [4.78, 5) is 30.2. The van der Waals surface area contributed by atoms with Crippen molar-refractivity contribution in [3.05, 3.63) is 87.7 Å². The van der Waals surface area contributed by atoms with E-state index in [-0.39, 0.29) is 17.9 Å². The molecule has 7 nitrogen and oxygen atoms in total. The van der Waals surface area contributed by atoms with E-state index < -0.39 is 5.92 Å². The standard InChI is InChI=1S/C26H27N3O4S/c1-5-12-33-20-11-10-17(13-21(20)32-4)19-14-22(30)27-24-23(19)25(31)28-26(29(24)3)34-15-18-9-7-6-8-16(18)2/h5-11,13,19H,1,12,14-15H2,2-4H3,(H,27,30)/t19-/m1/s1. The minimum absolute atomic E-state index is 0.148. The van der Waals surface area contributed by atoms with Crippen molar-refractivity contribution < 1.29 is 14.3 Å². The molecule has 1 amide bonds. The number of carbonyl (C=O) groups is 1. The van der Waals surface area contributed by atoms with Crippen LogP contribution in [0.2, 0.25) is 0 Å². The molecular weight excluding hydrogens is 450 g/mol. The first kappa shape index (κ1) is 23.6. The lowest BCUT2D eigenvalue weighted by molar-refractivity contribution is -0.116. The predicted octanol–water partition coefficient (Wildman–Crippen LogP) is 4.43. The highest BCUT2D eigenvalue weighted by atomic mass is 32.2. The van der Waals surface area contributed by atoms with Crippen LogP contribution in [-0.4, -0.2) is 29.2 Å². The molecule has 1 atom stereocenters. The SMILES string of the molecule is C=CCOc1ccc([C@H]2CC(=O)Nc3c2c(=O)nc(SCc2ccccc2C)n3C)cc1OC. The van der Waals surface area contributed by atoms with E-state index in [0.717, 1.165) is 5.56 Å². The van der Waals surface area contributed by atoms with Crippen LogP contribution in [0.15, 0.2) is 65.1 Å². The van der Waals surface area contributed by atoms with E-state index in [2.05, 4.69) is 35.9 Å². The number of rotatable bonds is 8. The number of nitrogens with zero attached hydrogens (tertiary/aromatic N) is 2. The van der Waals surface area contributed by atoms with Gasteiger partial charge in [-0.25, -0.2) is 0 Å². The van der Waals surface area contributed by atoms with Gasteiger partial charge in [0.05, 0.1) is 12.7 Å². The van der Waals surface area contributed by atoms with Gasteiger partial charge in [-0.15, -0.1) is 0 Å². The van der Waals surface area contributed by atoms with Crippen LogP contribution in [0.25, 0.3) is 0 Å². The molecule has 2 aromatic carbocycles. The third-order valence-electron chi connectivity index (χ3n) is 5.87. The van der Waals surface area contributed by atoms with Crippen LogP contribution in [0.4, 0.5) is 5.82 Å². The normalized spacial score (nSPS) is 14.8. The maximum absolute atomic E-state index is 13.2. The number of hydrogen-bond acceptors (Lipinski definition) is 6. The summed E-state index contributed by atoms with van der Waals surface area (Å²) in [6, 6.07) is 13.6. The predicted molar refractivity (Wildman–Crippen MR) is 134 cm³/mol. The number of aromatic nitrogens is 2. The first-order valence-corrected chi connectivity index (χ1v) is 11.9. The quantitative estimate of drug-likeness (QED) is 0.294. The summed E-state index contributed by atoms with van der Waals surface area (Å²) < 4.78 is 12.9. The first-order chi connectivity index (χ1) is 16.4. The molecule has 0 spiro atoms. The molecule has 3 aromatic rings. The molecular formula is C26H27N3O4S. The number of nitrogens with one attached hydrogen (secondary N) is 1. The summed E-state index contributed by atoms with van der Waals surface area (Å²) in [7, 11) is 3.38. The molecule has 1 aliphatic rings. The zero-order valence-corrected chi connectivity index (χ0v) is 20.3. The number of fused-ring (bicyclic) bond motifs is 1. The number of ether oxygens (including phenoxy) is 2. The zero-order chi connectivity index (χ0) is 24.2. The van der Waals surface area contributed by atoms with Crippen LogP contribution in [-0.2, 0) is 17.6 Å². The third kappa shape index (κ3) is 4.72. The fraction of sp³-hybridized carbons (Fsp3) is 0.269. The van der Waals surface area contributed by atoms with Crippen LogP contribution in [0.5, 0.6) is 11.5 Å². The van der Waals surface area contributed by atoms with Crippen LogP contribution < -0.4 is 20.3 Å². The van der Waals surface area contributed by atoms with Gasteiger partial charge in [-0.05, 0) is 35.7 Å². The van der Waals surface area contributed by atoms with Crippen LogP contribution >= 0.6 is 11.8 Å². The molecule has 34 heavy (non-hydrogen) atoms. The van der Waals surface area contributed by atoms with Crippen LogP contribution in [0, 0.1) is 6.92 Å². The van der Waals surface area contributed by atoms with Gasteiger partial charge in [-0.1, -0.05) is 54.7 Å². The summed E-state index contributed by atoms with van der Waals surface area (Å²) in [5.74, 6) is 1.67. The lowest BCUT2D eigenvalue weighted by Crippen LogP contribution is -2.33. The van der Waals surface area contributed by atoms with Gasteiger partial charge < -0.3 is 19.4 Å². The molecule has 0 bridgehead atoms. The van der Waals surface area contributed by atoms with E-state index in [1.807, 2.05) is 31.3 Å². The van der Waals surface area contributed by atoms with Crippen molar-refractivity contribution >= 4 is 23.5 Å². The number of aryl methyl sites for hydroxylation is 1. The van der Waals surface area contributed by atoms with Gasteiger partial charge in [0.2, 0.25) is 5.91 Å². The van der Waals surface area contributed by atoms with Crippen molar-refractivity contribution in [3.63, 3.8) is 0 Å². The molecule has 2 heterocycles. The Balaban J connectivity index is 1.70. The summed E-state index contributed by atoms with van der Waals surface area (Å²) in [6.45, 7) is 6.06. The second-order valence-electron chi connectivity index (χ2n) is 8.05. The van der Waals surface area contributed by atoms with Gasteiger partial charge in [0.25, 0.3) is 5.56 Å². The number of amides is 1. The summed E-state index contributed by atoms with van der Waals surface area (Å²) in [5, 5.41) is 3.44. The Kier molecular flexibility index (Phi) is 7.07. The Bertz CT molecular complexity index is 1300. The Morgan fingerprint density at radius 1 is 1.24 bits per heavy atom. The average Bonchev–Trinajstić information content (AvgIpc) is 2.84. The van der Waals surface area contributed by atoms with Crippen molar-refractivity contribution in [2.45, 2.75) is 30.2 Å². The van der Waals surface area contributed by atoms with Crippen molar-refractivity contribution in [1.29, 1.82) is 0 Å². The van der Waals surface area contributed by atoms with Crippen LogP contribution in [0.1, 0.15) is 34.6 Å². The molecule has 4 rings (SSSR count). The molecule has 0 saturated heterocycles. The summed E-state index contributed by atoms with van der Waals surface area (Å²) in [6.07, 6.45) is 1.80. The monoisotopic (exact) mass is 477 g/mol. The van der Waals surface area contributed by atoms with Crippen molar-refractivity contribution in [2.24, 2.45) is 7.05 Å². The number of carbonyl (C=O) groups excluding carboxylic acids is 1. The molecule has 1 N–H and O–H groups in total. The zero-order valence-electron chi connectivity index (χ0n) is 19.5. The van der Waals surface area contributed by atoms with Gasteiger partial charge in [0, 0.05) is 25.1 Å². The molecule has 1 aliphatic heterocycles. The molecule has 1 aromatic heterocycles. The Morgan fingerprint density at radius 3 is 2.76 bits per heavy atom. The number of methoxy groups -OCH3 is 1. The maximum Gasteiger partial charge on any atom is 0.279 e. The fourth-order valence-corrected chi connectivity index (χ4v) is 5.07. The largest absolute Gasteiger partial charge is 0.493 e. The second kappa shape index (κ2) is 10.2. The van der Waals surface area contributed by atoms with E-state index in [0.29, 0.717) is 40.4 Å². The minimum atomic E-state index is -0.437. The molecule has 176 valence electrons. The van der Waals surface area contributed by atoms with Gasteiger partial charge in [-0.3, -0.25) is 9.59 Å². The number of hydrogen-bond donors (Lipinski definition) is 1. The van der Waals surface area contributed by atoms with E-state index in [1.165, 1.54) is 22.9 Å². The second-order valence-corrected chi connectivity index (χ2v) is 8.99. The highest BCUT2D eigenvalue weighted by Gasteiger charge is 2.32. The Morgan fingerprint density at radius 2 is 2.03 bits per heavy atom. The lowest BCUT2D eigenvalue weighted by Gasteiger charge is -2.28. The van der Waals surface area contributed by atoms with Crippen molar-refractivity contribution in [1.82, 2.24) is 9.55 Å². The smallest absolute Gasteiger partial charge is 0.279 e. The number of thioether (sulfide) groups is 1. The van der Waals surface area contributed by atoms with Gasteiger partial charge in [0.1, 0.15) is 12.4 Å². The third-order valence-corrected chi connectivity index (χ3v) is 6.94. The Hall–Kier alpha value is -3.52.